The third-order valence-electron chi connectivity index (χ3n) is 5.38. The van der Waals surface area contributed by atoms with Crippen molar-refractivity contribution >= 4 is 21.6 Å². The summed E-state index contributed by atoms with van der Waals surface area (Å²) in [5, 5.41) is 3.03. The van der Waals surface area contributed by atoms with E-state index in [-0.39, 0.29) is 18.5 Å². The van der Waals surface area contributed by atoms with Crippen molar-refractivity contribution in [3.05, 3.63) is 101 Å². The molecule has 0 heterocycles. The van der Waals surface area contributed by atoms with Crippen LogP contribution < -0.4 is 9.62 Å². The fraction of sp³-hybridized carbons (Fsp3) is 0.240. The summed E-state index contributed by atoms with van der Waals surface area (Å²) in [6.45, 7) is 5.49. The van der Waals surface area contributed by atoms with Gasteiger partial charge in [0.2, 0.25) is 15.9 Å². The third-order valence-corrected chi connectivity index (χ3v) is 6.51. The molecule has 0 fully saturated rings. The molecule has 0 bridgehead atoms. The van der Waals surface area contributed by atoms with Crippen LogP contribution in [-0.4, -0.2) is 27.1 Å². The molecule has 3 aromatic rings. The number of carbonyl (C=O) groups is 1. The predicted molar refractivity (Wildman–Crippen MR) is 126 cm³/mol. The molecule has 3 rings (SSSR count). The molecule has 0 aromatic heterocycles. The second-order valence-corrected chi connectivity index (χ2v) is 9.72. The van der Waals surface area contributed by atoms with E-state index in [1.807, 2.05) is 81.4 Å². The zero-order valence-electron chi connectivity index (χ0n) is 18.3. The predicted octanol–water partition coefficient (Wildman–Crippen LogP) is 4.28. The van der Waals surface area contributed by atoms with E-state index >= 15 is 0 Å². The Balaban J connectivity index is 1.91. The first-order valence-electron chi connectivity index (χ1n) is 10.1. The Hall–Kier alpha value is -3.12. The zero-order chi connectivity index (χ0) is 22.6. The Labute approximate surface area is 184 Å². The second-order valence-electron chi connectivity index (χ2n) is 7.81. The quantitative estimate of drug-likeness (QED) is 0.601. The van der Waals surface area contributed by atoms with Crippen LogP contribution in [0.5, 0.6) is 0 Å². The van der Waals surface area contributed by atoms with Crippen LogP contribution in [-0.2, 0) is 14.8 Å². The lowest BCUT2D eigenvalue weighted by molar-refractivity contribution is -0.120. The highest BCUT2D eigenvalue weighted by Crippen LogP contribution is 2.26. The number of amides is 1. The number of nitrogens with one attached hydrogen (secondary N) is 1. The van der Waals surface area contributed by atoms with E-state index < -0.39 is 10.0 Å². The minimum absolute atomic E-state index is 0.293. The van der Waals surface area contributed by atoms with Crippen molar-refractivity contribution in [2.75, 3.05) is 17.1 Å². The van der Waals surface area contributed by atoms with E-state index in [9.17, 15) is 13.2 Å². The van der Waals surface area contributed by atoms with E-state index in [4.69, 9.17) is 0 Å². The summed E-state index contributed by atoms with van der Waals surface area (Å²) in [4.78, 5) is 13.1. The molecule has 3 aromatic carbocycles. The van der Waals surface area contributed by atoms with Crippen LogP contribution in [0.15, 0.2) is 72.8 Å². The highest BCUT2D eigenvalue weighted by atomic mass is 32.2. The smallest absolute Gasteiger partial charge is 0.241 e. The molecule has 0 saturated heterocycles. The number of hydrogen-bond acceptors (Lipinski definition) is 3. The lowest BCUT2D eigenvalue weighted by Gasteiger charge is -2.26. The highest BCUT2D eigenvalue weighted by molar-refractivity contribution is 7.92. The Kier molecular flexibility index (Phi) is 6.81. The molecular formula is C25H28N2O3S. The topological polar surface area (TPSA) is 66.5 Å². The fourth-order valence-corrected chi connectivity index (χ4v) is 4.39. The fourth-order valence-electron chi connectivity index (χ4n) is 3.49. The van der Waals surface area contributed by atoms with Crippen LogP contribution in [0.4, 0.5) is 5.69 Å². The first-order valence-corrected chi connectivity index (χ1v) is 12.0. The number of carbonyl (C=O) groups excluding carboxylic acids is 1. The van der Waals surface area contributed by atoms with Crippen molar-refractivity contribution in [3.8, 4) is 0 Å². The molecule has 0 saturated carbocycles. The number of hydrogen-bond donors (Lipinski definition) is 1. The minimum atomic E-state index is -3.65. The van der Waals surface area contributed by atoms with Crippen LogP contribution in [0.25, 0.3) is 0 Å². The van der Waals surface area contributed by atoms with Gasteiger partial charge in [-0.2, -0.15) is 0 Å². The Morgan fingerprint density at radius 1 is 0.871 bits per heavy atom. The largest absolute Gasteiger partial charge is 0.344 e. The van der Waals surface area contributed by atoms with Gasteiger partial charge in [-0.3, -0.25) is 9.10 Å². The highest BCUT2D eigenvalue weighted by Gasteiger charge is 2.25. The van der Waals surface area contributed by atoms with E-state index in [1.54, 1.807) is 12.1 Å². The molecular weight excluding hydrogens is 408 g/mol. The maximum atomic E-state index is 13.1. The summed E-state index contributed by atoms with van der Waals surface area (Å²) >= 11 is 0. The average Bonchev–Trinajstić information content (AvgIpc) is 2.73. The van der Waals surface area contributed by atoms with Gasteiger partial charge in [0.05, 0.1) is 18.0 Å². The van der Waals surface area contributed by atoms with Crippen molar-refractivity contribution in [3.63, 3.8) is 0 Å². The number of anilines is 1. The number of benzene rings is 3. The summed E-state index contributed by atoms with van der Waals surface area (Å²) in [7, 11) is -3.65. The van der Waals surface area contributed by atoms with E-state index in [0.29, 0.717) is 5.69 Å². The van der Waals surface area contributed by atoms with Gasteiger partial charge in [0.25, 0.3) is 0 Å². The van der Waals surface area contributed by atoms with Gasteiger partial charge in [0, 0.05) is 0 Å². The van der Waals surface area contributed by atoms with E-state index in [2.05, 4.69) is 5.32 Å². The molecule has 0 aliphatic rings. The lowest BCUT2D eigenvalue weighted by atomic mass is 9.98. The van der Waals surface area contributed by atoms with Gasteiger partial charge in [-0.1, -0.05) is 72.3 Å². The van der Waals surface area contributed by atoms with Crippen molar-refractivity contribution in [1.29, 1.82) is 0 Å². The van der Waals surface area contributed by atoms with Gasteiger partial charge in [-0.15, -0.1) is 0 Å². The Morgan fingerprint density at radius 3 is 2.10 bits per heavy atom. The minimum Gasteiger partial charge on any atom is -0.344 e. The molecule has 31 heavy (non-hydrogen) atoms. The van der Waals surface area contributed by atoms with E-state index in [1.165, 1.54) is 4.31 Å². The maximum Gasteiger partial charge on any atom is 0.241 e. The maximum absolute atomic E-state index is 13.1. The first-order chi connectivity index (χ1) is 14.7. The average molecular weight is 437 g/mol. The van der Waals surface area contributed by atoms with Crippen LogP contribution in [0, 0.1) is 20.8 Å². The Morgan fingerprint density at radius 2 is 1.48 bits per heavy atom. The van der Waals surface area contributed by atoms with Crippen molar-refractivity contribution in [2.24, 2.45) is 0 Å². The number of rotatable bonds is 7. The summed E-state index contributed by atoms with van der Waals surface area (Å²) in [5.41, 5.74) is 5.30. The van der Waals surface area contributed by atoms with Gasteiger partial charge in [-0.05, 0) is 49.1 Å². The van der Waals surface area contributed by atoms with E-state index in [0.717, 1.165) is 34.1 Å². The van der Waals surface area contributed by atoms with Crippen LogP contribution in [0.3, 0.4) is 0 Å². The van der Waals surface area contributed by atoms with Crippen LogP contribution in [0.2, 0.25) is 0 Å². The van der Waals surface area contributed by atoms with Gasteiger partial charge in [-0.25, -0.2) is 8.42 Å². The first kappa shape index (κ1) is 22.6. The molecule has 1 amide bonds. The molecule has 0 unspecified atom stereocenters. The van der Waals surface area contributed by atoms with Gasteiger partial charge in [0.15, 0.2) is 0 Å². The zero-order valence-corrected chi connectivity index (χ0v) is 19.1. The van der Waals surface area contributed by atoms with Crippen LogP contribution >= 0.6 is 0 Å². The lowest BCUT2D eigenvalue weighted by Crippen LogP contribution is -2.42. The Bertz CT molecular complexity index is 1160. The second kappa shape index (κ2) is 9.35. The molecule has 6 heteroatoms. The van der Waals surface area contributed by atoms with Crippen LogP contribution in [0.1, 0.15) is 33.9 Å². The molecule has 0 spiro atoms. The number of nitrogens with zero attached hydrogens (tertiary/aromatic N) is 1. The van der Waals surface area contributed by atoms with Gasteiger partial charge in [0.1, 0.15) is 6.54 Å². The number of aryl methyl sites for hydroxylation is 2. The third kappa shape index (κ3) is 5.52. The molecule has 0 radical (unpaired) electrons. The molecule has 0 aliphatic carbocycles. The summed E-state index contributed by atoms with van der Waals surface area (Å²) in [6.07, 6.45) is 1.12. The monoisotopic (exact) mass is 436 g/mol. The molecule has 0 aliphatic heterocycles. The molecule has 162 valence electrons. The summed E-state index contributed by atoms with van der Waals surface area (Å²) in [6, 6.07) is 22.7. The molecule has 5 nitrogen and oxygen atoms in total. The van der Waals surface area contributed by atoms with Crippen molar-refractivity contribution < 1.29 is 13.2 Å². The van der Waals surface area contributed by atoms with Crippen molar-refractivity contribution in [2.45, 2.75) is 26.8 Å². The summed E-state index contributed by atoms with van der Waals surface area (Å²) < 4.78 is 26.2. The SMILES string of the molecule is Cc1ccc([C@@H](NC(=O)CN(c2cccc(C)c2C)S(C)(=O)=O)c2ccccc2)cc1. The normalized spacial score (nSPS) is 12.3. The van der Waals surface area contributed by atoms with Gasteiger partial charge < -0.3 is 5.32 Å². The standard InChI is InChI=1S/C25H28N2O3S/c1-18-13-15-22(16-14-18)25(21-10-6-5-7-11-21)26-24(28)17-27(31(4,29)30)23-12-8-9-19(2)20(23)3/h5-16,25H,17H2,1-4H3,(H,26,28)/t25-/m0/s1. The van der Waals surface area contributed by atoms with Gasteiger partial charge >= 0.3 is 0 Å². The van der Waals surface area contributed by atoms with Crippen molar-refractivity contribution in [1.82, 2.24) is 5.32 Å². The molecule has 1 N–H and O–H groups in total. The summed E-state index contributed by atoms with van der Waals surface area (Å²) in [5.74, 6) is -0.374. The molecule has 1 atom stereocenters. The number of sulfonamides is 1.